The van der Waals surface area contributed by atoms with Crippen LogP contribution < -0.4 is 0 Å². The van der Waals surface area contributed by atoms with Crippen LogP contribution in [0.5, 0.6) is 0 Å². The van der Waals surface area contributed by atoms with Crippen molar-refractivity contribution < 1.29 is 9.90 Å². The summed E-state index contributed by atoms with van der Waals surface area (Å²) in [6.07, 6.45) is 1.26. The Balaban J connectivity index is 3.41. The maximum absolute atomic E-state index is 10.8. The lowest BCUT2D eigenvalue weighted by Gasteiger charge is -2.01. The normalized spacial score (nSPS) is 11.6. The fourth-order valence-electron chi connectivity index (χ4n) is 1.39. The molecule has 1 aromatic rings. The number of aryl methyl sites for hydroxylation is 1. The van der Waals surface area contributed by atoms with Gasteiger partial charge in [0.25, 0.3) is 0 Å². The van der Waals surface area contributed by atoms with E-state index in [-0.39, 0.29) is 11.5 Å². The number of nitrogens with zero attached hydrogens (tertiary/aromatic N) is 3. The Labute approximate surface area is 104 Å². The molecular weight excluding hydrogens is 242 g/mol. The molecule has 0 aliphatic carbocycles. The van der Waals surface area contributed by atoms with Gasteiger partial charge in [0.05, 0.1) is 5.69 Å². The molecule has 0 fully saturated rings. The van der Waals surface area contributed by atoms with Crippen LogP contribution in [0.4, 0.5) is 0 Å². The Morgan fingerprint density at radius 1 is 1.65 bits per heavy atom. The third-order valence-electron chi connectivity index (χ3n) is 2.23. The predicted octanol–water partition coefficient (Wildman–Crippen LogP) is 2.19. The molecule has 0 aromatic carbocycles. The summed E-state index contributed by atoms with van der Waals surface area (Å²) in [6, 6.07) is 1.62. The van der Waals surface area contributed by atoms with Gasteiger partial charge >= 0.3 is 5.97 Å². The molecule has 0 saturated heterocycles. The summed E-state index contributed by atoms with van der Waals surface area (Å²) >= 11 is 6.02. The van der Waals surface area contributed by atoms with Gasteiger partial charge in [0, 0.05) is 12.6 Å². The Kier molecular flexibility index (Phi) is 3.92. The standard InChI is InChI=1S/C11H12ClN3O2/c1-6(2)9-8(10(12)15(3)14-9)4-7(5-13)11(16)17/h4,6H,1-3H3,(H,16,17)/b7-4+. The first kappa shape index (κ1) is 13.3. The van der Waals surface area contributed by atoms with E-state index < -0.39 is 5.97 Å². The van der Waals surface area contributed by atoms with Crippen LogP contribution in [-0.4, -0.2) is 20.9 Å². The second-order valence-electron chi connectivity index (χ2n) is 3.84. The monoisotopic (exact) mass is 253 g/mol. The van der Waals surface area contributed by atoms with Crippen LogP contribution in [-0.2, 0) is 11.8 Å². The molecule has 0 amide bonds. The first-order valence-electron chi connectivity index (χ1n) is 4.96. The fraction of sp³-hybridized carbons (Fsp3) is 0.364. The second-order valence-corrected chi connectivity index (χ2v) is 4.20. The van der Waals surface area contributed by atoms with E-state index >= 15 is 0 Å². The first-order chi connectivity index (χ1) is 7.88. The zero-order valence-corrected chi connectivity index (χ0v) is 10.5. The van der Waals surface area contributed by atoms with E-state index in [0.29, 0.717) is 16.4 Å². The Morgan fingerprint density at radius 2 is 2.24 bits per heavy atom. The minimum absolute atomic E-state index is 0.0914. The van der Waals surface area contributed by atoms with Gasteiger partial charge in [-0.25, -0.2) is 4.79 Å². The van der Waals surface area contributed by atoms with Gasteiger partial charge in [-0.15, -0.1) is 0 Å². The van der Waals surface area contributed by atoms with E-state index in [1.165, 1.54) is 10.8 Å². The van der Waals surface area contributed by atoms with E-state index in [2.05, 4.69) is 5.10 Å². The molecule has 6 heteroatoms. The number of carboxylic acid groups (broad SMARTS) is 1. The van der Waals surface area contributed by atoms with Gasteiger partial charge < -0.3 is 5.11 Å². The molecule has 0 radical (unpaired) electrons. The maximum Gasteiger partial charge on any atom is 0.346 e. The zero-order valence-electron chi connectivity index (χ0n) is 9.73. The van der Waals surface area contributed by atoms with E-state index in [0.717, 1.165) is 0 Å². The molecule has 0 bridgehead atoms. The molecule has 1 N–H and O–H groups in total. The molecule has 1 heterocycles. The SMILES string of the molecule is CC(C)c1nn(C)c(Cl)c1/C=C(\C#N)C(=O)O. The van der Waals surface area contributed by atoms with Gasteiger partial charge in [0.15, 0.2) is 0 Å². The molecule has 17 heavy (non-hydrogen) atoms. The van der Waals surface area contributed by atoms with Crippen molar-refractivity contribution in [2.45, 2.75) is 19.8 Å². The van der Waals surface area contributed by atoms with Crippen LogP contribution in [0, 0.1) is 11.3 Å². The number of aliphatic carboxylic acids is 1. The third kappa shape index (κ3) is 2.66. The summed E-state index contributed by atoms with van der Waals surface area (Å²) < 4.78 is 1.46. The Bertz CT molecular complexity index is 524. The minimum atomic E-state index is -1.28. The lowest BCUT2D eigenvalue weighted by molar-refractivity contribution is -0.132. The molecule has 1 rings (SSSR count). The maximum atomic E-state index is 10.8. The van der Waals surface area contributed by atoms with Gasteiger partial charge in [-0.3, -0.25) is 4.68 Å². The van der Waals surface area contributed by atoms with Crippen molar-refractivity contribution in [3.63, 3.8) is 0 Å². The fourth-order valence-corrected chi connectivity index (χ4v) is 1.57. The number of halogens is 1. The van der Waals surface area contributed by atoms with Crippen molar-refractivity contribution in [1.82, 2.24) is 9.78 Å². The summed E-state index contributed by atoms with van der Waals surface area (Å²) in [5, 5.41) is 22.0. The van der Waals surface area contributed by atoms with E-state index in [9.17, 15) is 4.79 Å². The summed E-state index contributed by atoms with van der Waals surface area (Å²) in [5.74, 6) is -1.18. The van der Waals surface area contributed by atoms with Gasteiger partial charge in [0.2, 0.25) is 0 Å². The smallest absolute Gasteiger partial charge is 0.346 e. The first-order valence-corrected chi connectivity index (χ1v) is 5.33. The van der Waals surface area contributed by atoms with Crippen molar-refractivity contribution in [2.24, 2.45) is 7.05 Å². The summed E-state index contributed by atoms with van der Waals surface area (Å²) in [5.41, 5.74) is 0.802. The summed E-state index contributed by atoms with van der Waals surface area (Å²) in [4.78, 5) is 10.8. The average molecular weight is 254 g/mol. The van der Waals surface area contributed by atoms with Crippen LogP contribution in [0.15, 0.2) is 5.57 Å². The predicted molar refractivity (Wildman–Crippen MR) is 63.5 cm³/mol. The zero-order chi connectivity index (χ0) is 13.2. The molecule has 5 nitrogen and oxygen atoms in total. The van der Waals surface area contributed by atoms with Gasteiger partial charge in [-0.1, -0.05) is 25.4 Å². The van der Waals surface area contributed by atoms with E-state index in [1.54, 1.807) is 13.1 Å². The largest absolute Gasteiger partial charge is 0.477 e. The molecule has 0 spiro atoms. The number of aromatic nitrogens is 2. The van der Waals surface area contributed by atoms with E-state index in [4.69, 9.17) is 22.0 Å². The molecule has 0 saturated carbocycles. The number of carboxylic acids is 1. The molecule has 0 aliphatic rings. The highest BCUT2D eigenvalue weighted by molar-refractivity contribution is 6.31. The lowest BCUT2D eigenvalue weighted by Crippen LogP contribution is -1.98. The van der Waals surface area contributed by atoms with Crippen LogP contribution in [0.25, 0.3) is 6.08 Å². The van der Waals surface area contributed by atoms with Crippen molar-refractivity contribution in [1.29, 1.82) is 5.26 Å². The van der Waals surface area contributed by atoms with Crippen LogP contribution in [0.2, 0.25) is 5.15 Å². The van der Waals surface area contributed by atoms with Crippen molar-refractivity contribution in [3.8, 4) is 6.07 Å². The Hall–Kier alpha value is -1.80. The van der Waals surface area contributed by atoms with Crippen LogP contribution >= 0.6 is 11.6 Å². The molecule has 0 unspecified atom stereocenters. The minimum Gasteiger partial charge on any atom is -0.477 e. The lowest BCUT2D eigenvalue weighted by atomic mass is 10.0. The summed E-state index contributed by atoms with van der Waals surface area (Å²) in [6.45, 7) is 3.84. The van der Waals surface area contributed by atoms with Crippen molar-refractivity contribution in [3.05, 3.63) is 22.0 Å². The van der Waals surface area contributed by atoms with Crippen molar-refractivity contribution in [2.75, 3.05) is 0 Å². The number of hydrogen-bond donors (Lipinski definition) is 1. The molecular formula is C11H12ClN3O2. The van der Waals surface area contributed by atoms with E-state index in [1.807, 2.05) is 13.8 Å². The number of hydrogen-bond acceptors (Lipinski definition) is 3. The molecule has 0 aliphatic heterocycles. The summed E-state index contributed by atoms with van der Waals surface area (Å²) in [7, 11) is 1.67. The highest BCUT2D eigenvalue weighted by Gasteiger charge is 2.17. The molecule has 90 valence electrons. The number of rotatable bonds is 3. The number of carbonyl (C=O) groups is 1. The molecule has 0 atom stereocenters. The number of nitriles is 1. The topological polar surface area (TPSA) is 78.9 Å². The highest BCUT2D eigenvalue weighted by Crippen LogP contribution is 2.27. The second kappa shape index (κ2) is 5.02. The quantitative estimate of drug-likeness (QED) is 0.661. The highest BCUT2D eigenvalue weighted by atomic mass is 35.5. The van der Waals surface area contributed by atoms with Gasteiger partial charge in [0.1, 0.15) is 16.8 Å². The van der Waals surface area contributed by atoms with Crippen LogP contribution in [0.1, 0.15) is 31.0 Å². The average Bonchev–Trinajstić information content (AvgIpc) is 2.52. The molecule has 1 aromatic heterocycles. The van der Waals surface area contributed by atoms with Crippen LogP contribution in [0.3, 0.4) is 0 Å². The van der Waals surface area contributed by atoms with Crippen molar-refractivity contribution >= 4 is 23.6 Å². The van der Waals surface area contributed by atoms with Gasteiger partial charge in [-0.05, 0) is 12.0 Å². The van der Waals surface area contributed by atoms with Gasteiger partial charge in [-0.2, -0.15) is 10.4 Å². The Morgan fingerprint density at radius 3 is 2.65 bits per heavy atom. The third-order valence-corrected chi connectivity index (χ3v) is 2.67.